The molecule has 0 bridgehead atoms. The summed E-state index contributed by atoms with van der Waals surface area (Å²) in [6.45, 7) is 2.25. The monoisotopic (exact) mass is 408 g/mol. The Hall–Kier alpha value is -2.86. The first kappa shape index (κ1) is 20.4. The van der Waals surface area contributed by atoms with Crippen molar-refractivity contribution in [3.8, 4) is 5.75 Å². The van der Waals surface area contributed by atoms with Gasteiger partial charge in [0.25, 0.3) is 0 Å². The predicted octanol–water partition coefficient (Wildman–Crippen LogP) is 3.23. The standard InChI is InChI=1S/C24H28N2O4/c1-29-22-8-7-18(12-19(22)11-17-9-10-30-16-17)20-13-24(28)26(14-20)15-23(27)25-21-5-3-2-4-6-21/h2-8,12,17,20H,9-11,13-16H2,1H3,(H,25,27)/t17?,20-/m1/s1. The van der Waals surface area contributed by atoms with Crippen LogP contribution in [0.2, 0.25) is 0 Å². The first-order chi connectivity index (χ1) is 14.6. The number of rotatable bonds is 7. The third-order valence-corrected chi connectivity index (χ3v) is 5.91. The smallest absolute Gasteiger partial charge is 0.243 e. The van der Waals surface area contributed by atoms with Crippen LogP contribution in [0.15, 0.2) is 48.5 Å². The van der Waals surface area contributed by atoms with Crippen LogP contribution in [-0.4, -0.2) is 50.1 Å². The number of benzene rings is 2. The molecule has 6 heteroatoms. The number of carbonyl (C=O) groups excluding carboxylic acids is 2. The van der Waals surface area contributed by atoms with E-state index in [2.05, 4.69) is 11.4 Å². The van der Waals surface area contributed by atoms with Gasteiger partial charge >= 0.3 is 0 Å². The molecule has 2 atom stereocenters. The van der Waals surface area contributed by atoms with Gasteiger partial charge in [0, 0.05) is 37.8 Å². The molecule has 0 spiro atoms. The van der Waals surface area contributed by atoms with E-state index in [1.54, 1.807) is 12.0 Å². The van der Waals surface area contributed by atoms with Crippen molar-refractivity contribution >= 4 is 17.5 Å². The molecular weight excluding hydrogens is 380 g/mol. The van der Waals surface area contributed by atoms with E-state index in [1.165, 1.54) is 5.56 Å². The molecule has 0 aliphatic carbocycles. The number of methoxy groups -OCH3 is 1. The highest BCUT2D eigenvalue weighted by molar-refractivity contribution is 5.95. The van der Waals surface area contributed by atoms with E-state index in [1.807, 2.05) is 42.5 Å². The zero-order chi connectivity index (χ0) is 20.9. The van der Waals surface area contributed by atoms with E-state index < -0.39 is 0 Å². The Balaban J connectivity index is 1.41. The lowest BCUT2D eigenvalue weighted by Crippen LogP contribution is -2.34. The van der Waals surface area contributed by atoms with Gasteiger partial charge in [-0.15, -0.1) is 0 Å². The van der Waals surface area contributed by atoms with Crippen molar-refractivity contribution in [2.24, 2.45) is 5.92 Å². The van der Waals surface area contributed by atoms with Crippen molar-refractivity contribution < 1.29 is 19.1 Å². The Morgan fingerprint density at radius 1 is 1.23 bits per heavy atom. The molecule has 2 heterocycles. The predicted molar refractivity (Wildman–Crippen MR) is 115 cm³/mol. The summed E-state index contributed by atoms with van der Waals surface area (Å²) in [5, 5.41) is 2.85. The first-order valence-corrected chi connectivity index (χ1v) is 10.5. The molecule has 2 saturated heterocycles. The minimum atomic E-state index is -0.174. The number of amides is 2. The summed E-state index contributed by atoms with van der Waals surface area (Å²) in [4.78, 5) is 26.5. The normalized spacial score (nSPS) is 21.1. The molecule has 30 heavy (non-hydrogen) atoms. The van der Waals surface area contributed by atoms with E-state index in [0.717, 1.165) is 43.1 Å². The molecule has 2 aliphatic rings. The second kappa shape index (κ2) is 9.30. The summed E-state index contributed by atoms with van der Waals surface area (Å²) < 4.78 is 11.1. The van der Waals surface area contributed by atoms with Crippen LogP contribution in [0.25, 0.3) is 0 Å². The van der Waals surface area contributed by atoms with Crippen LogP contribution >= 0.6 is 0 Å². The molecule has 4 rings (SSSR count). The average Bonchev–Trinajstić information content (AvgIpc) is 3.39. The Labute approximate surface area is 177 Å². The number of anilines is 1. The number of hydrogen-bond acceptors (Lipinski definition) is 4. The molecular formula is C24H28N2O4. The van der Waals surface area contributed by atoms with Crippen molar-refractivity contribution in [2.45, 2.75) is 25.2 Å². The summed E-state index contributed by atoms with van der Waals surface area (Å²) >= 11 is 0. The van der Waals surface area contributed by atoms with E-state index in [0.29, 0.717) is 18.9 Å². The minimum absolute atomic E-state index is 0.0183. The number of nitrogens with one attached hydrogen (secondary N) is 1. The van der Waals surface area contributed by atoms with Gasteiger partial charge in [-0.3, -0.25) is 9.59 Å². The summed E-state index contributed by atoms with van der Waals surface area (Å²) in [7, 11) is 1.69. The van der Waals surface area contributed by atoms with E-state index in [-0.39, 0.29) is 24.3 Å². The molecule has 2 amide bonds. The van der Waals surface area contributed by atoms with Crippen molar-refractivity contribution in [3.05, 3.63) is 59.7 Å². The van der Waals surface area contributed by atoms with E-state index in [4.69, 9.17) is 9.47 Å². The molecule has 1 N–H and O–H groups in total. The highest BCUT2D eigenvalue weighted by Crippen LogP contribution is 2.33. The number of para-hydroxylation sites is 1. The lowest BCUT2D eigenvalue weighted by molar-refractivity contribution is -0.131. The van der Waals surface area contributed by atoms with Gasteiger partial charge in [0.05, 0.1) is 13.7 Å². The van der Waals surface area contributed by atoms with Gasteiger partial charge in [0.2, 0.25) is 11.8 Å². The van der Waals surface area contributed by atoms with Crippen LogP contribution in [0.4, 0.5) is 5.69 Å². The number of carbonyl (C=O) groups is 2. The highest BCUT2D eigenvalue weighted by Gasteiger charge is 2.32. The molecule has 0 saturated carbocycles. The van der Waals surface area contributed by atoms with Gasteiger partial charge in [-0.2, -0.15) is 0 Å². The fourth-order valence-electron chi connectivity index (χ4n) is 4.31. The van der Waals surface area contributed by atoms with Gasteiger partial charge in [0.1, 0.15) is 5.75 Å². The summed E-state index contributed by atoms with van der Waals surface area (Å²) in [5.74, 6) is 1.33. The number of likely N-dealkylation sites (tertiary alicyclic amines) is 1. The van der Waals surface area contributed by atoms with Crippen LogP contribution in [0.1, 0.15) is 29.9 Å². The van der Waals surface area contributed by atoms with Gasteiger partial charge in [-0.1, -0.05) is 30.3 Å². The Morgan fingerprint density at radius 3 is 2.80 bits per heavy atom. The van der Waals surface area contributed by atoms with Crippen LogP contribution in [0, 0.1) is 5.92 Å². The van der Waals surface area contributed by atoms with E-state index in [9.17, 15) is 9.59 Å². The zero-order valence-electron chi connectivity index (χ0n) is 17.3. The fraction of sp³-hybridized carbons (Fsp3) is 0.417. The number of ether oxygens (including phenoxy) is 2. The lowest BCUT2D eigenvalue weighted by atomic mass is 9.92. The third-order valence-electron chi connectivity index (χ3n) is 5.91. The average molecular weight is 408 g/mol. The maximum atomic E-state index is 12.5. The molecule has 158 valence electrons. The van der Waals surface area contributed by atoms with Crippen molar-refractivity contribution in [2.75, 3.05) is 38.7 Å². The molecule has 0 aromatic heterocycles. The molecule has 0 radical (unpaired) electrons. The number of nitrogens with zero attached hydrogens (tertiary/aromatic N) is 1. The second-order valence-corrected chi connectivity index (χ2v) is 8.09. The van der Waals surface area contributed by atoms with Crippen LogP contribution in [0.3, 0.4) is 0 Å². The molecule has 2 aromatic carbocycles. The Kier molecular flexibility index (Phi) is 6.33. The van der Waals surface area contributed by atoms with Gasteiger partial charge in [-0.25, -0.2) is 0 Å². The molecule has 2 aromatic rings. The first-order valence-electron chi connectivity index (χ1n) is 10.5. The van der Waals surface area contributed by atoms with Gasteiger partial charge in [-0.05, 0) is 48.1 Å². The molecule has 2 aliphatic heterocycles. The lowest BCUT2D eigenvalue weighted by Gasteiger charge is -2.18. The summed E-state index contributed by atoms with van der Waals surface area (Å²) in [6.07, 6.45) is 2.41. The SMILES string of the molecule is COc1ccc([C@@H]2CC(=O)N(CC(=O)Nc3ccccc3)C2)cc1CC1CCOC1. The molecule has 6 nitrogen and oxygen atoms in total. The molecule has 2 fully saturated rings. The minimum Gasteiger partial charge on any atom is -0.496 e. The topological polar surface area (TPSA) is 67.9 Å². The van der Waals surface area contributed by atoms with Gasteiger partial charge in [0.15, 0.2) is 0 Å². The van der Waals surface area contributed by atoms with Crippen molar-refractivity contribution in [1.82, 2.24) is 4.90 Å². The highest BCUT2D eigenvalue weighted by atomic mass is 16.5. The third kappa shape index (κ3) is 4.82. The van der Waals surface area contributed by atoms with Crippen molar-refractivity contribution in [1.29, 1.82) is 0 Å². The zero-order valence-corrected chi connectivity index (χ0v) is 17.3. The molecule has 1 unspecified atom stereocenters. The van der Waals surface area contributed by atoms with Gasteiger partial charge < -0.3 is 19.7 Å². The Morgan fingerprint density at radius 2 is 2.07 bits per heavy atom. The Bertz CT molecular complexity index is 893. The summed E-state index contributed by atoms with van der Waals surface area (Å²) in [6, 6.07) is 15.5. The quantitative estimate of drug-likeness (QED) is 0.764. The largest absolute Gasteiger partial charge is 0.496 e. The van der Waals surface area contributed by atoms with Crippen LogP contribution < -0.4 is 10.1 Å². The van der Waals surface area contributed by atoms with Crippen LogP contribution in [-0.2, 0) is 20.7 Å². The second-order valence-electron chi connectivity index (χ2n) is 8.09. The van der Waals surface area contributed by atoms with Crippen molar-refractivity contribution in [3.63, 3.8) is 0 Å². The van der Waals surface area contributed by atoms with E-state index >= 15 is 0 Å². The van der Waals surface area contributed by atoms with Crippen LogP contribution in [0.5, 0.6) is 5.75 Å². The maximum Gasteiger partial charge on any atom is 0.243 e. The maximum absolute atomic E-state index is 12.5. The fourth-order valence-corrected chi connectivity index (χ4v) is 4.31. The number of hydrogen-bond donors (Lipinski definition) is 1. The summed E-state index contributed by atoms with van der Waals surface area (Å²) in [5.41, 5.74) is 3.03.